The van der Waals surface area contributed by atoms with Crippen LogP contribution in [-0.4, -0.2) is 6.61 Å². The Morgan fingerprint density at radius 1 is 1.19 bits per heavy atom. The molecule has 0 saturated heterocycles. The third-order valence-corrected chi connectivity index (χ3v) is 3.83. The zero-order valence-electron chi connectivity index (χ0n) is 11.2. The zero-order valence-corrected chi connectivity index (χ0v) is 12.0. The van der Waals surface area contributed by atoms with E-state index in [0.717, 1.165) is 29.4 Å². The molecule has 0 bridgehead atoms. The third-order valence-electron chi connectivity index (χ3n) is 3.62. The number of ether oxygens (including phenoxy) is 1. The summed E-state index contributed by atoms with van der Waals surface area (Å²) in [4.78, 5) is 0. The zero-order chi connectivity index (χ0) is 15.0. The van der Waals surface area contributed by atoms with Crippen LogP contribution in [0, 0.1) is 11.6 Å². The summed E-state index contributed by atoms with van der Waals surface area (Å²) in [6.07, 6.45) is 1.19. The summed E-state index contributed by atoms with van der Waals surface area (Å²) in [5.74, 6) is -0.957. The molecular weight excluding hydrogens is 296 g/mol. The van der Waals surface area contributed by atoms with Gasteiger partial charge in [-0.1, -0.05) is 17.7 Å². The number of nitrogens with two attached hydrogens (primary N) is 1. The van der Waals surface area contributed by atoms with Gasteiger partial charge >= 0.3 is 0 Å². The fourth-order valence-electron chi connectivity index (χ4n) is 2.60. The Morgan fingerprint density at radius 3 is 2.76 bits per heavy atom. The minimum Gasteiger partial charge on any atom is -0.493 e. The summed E-state index contributed by atoms with van der Waals surface area (Å²) in [7, 11) is 0. The van der Waals surface area contributed by atoms with E-state index in [9.17, 15) is 8.78 Å². The molecule has 0 aliphatic carbocycles. The Bertz CT molecular complexity index is 690. The van der Waals surface area contributed by atoms with E-state index in [1.165, 1.54) is 12.1 Å². The quantitative estimate of drug-likeness (QED) is 0.936. The summed E-state index contributed by atoms with van der Waals surface area (Å²) in [5.41, 5.74) is 8.68. The lowest BCUT2D eigenvalue weighted by Crippen LogP contribution is -2.14. The maximum Gasteiger partial charge on any atom is 0.159 e. The summed E-state index contributed by atoms with van der Waals surface area (Å²) < 4.78 is 31.8. The summed E-state index contributed by atoms with van der Waals surface area (Å²) in [6, 6.07) is 7.06. The van der Waals surface area contributed by atoms with Crippen molar-refractivity contribution >= 4 is 11.6 Å². The van der Waals surface area contributed by atoms with Crippen molar-refractivity contribution in [3.05, 3.63) is 63.7 Å². The van der Waals surface area contributed by atoms with Crippen molar-refractivity contribution in [2.45, 2.75) is 18.9 Å². The van der Waals surface area contributed by atoms with Gasteiger partial charge < -0.3 is 10.5 Å². The van der Waals surface area contributed by atoms with E-state index in [0.29, 0.717) is 23.6 Å². The summed E-state index contributed by atoms with van der Waals surface area (Å²) in [5, 5.41) is 0.606. The number of fused-ring (bicyclic) bond motifs is 1. The fraction of sp³-hybridized carbons (Fsp3) is 0.250. The van der Waals surface area contributed by atoms with Gasteiger partial charge in [-0.05, 0) is 41.8 Å². The molecule has 1 heterocycles. The molecule has 0 spiro atoms. The normalized spacial score (nSPS) is 14.7. The Labute approximate surface area is 126 Å². The van der Waals surface area contributed by atoms with Crippen LogP contribution in [0.4, 0.5) is 8.78 Å². The van der Waals surface area contributed by atoms with Crippen LogP contribution >= 0.6 is 11.6 Å². The SMILES string of the molecule is NC(Cc1ccc(F)c(F)c1)c1cc(Cl)cc2c1OCC2. The molecule has 2 aromatic carbocycles. The molecular formula is C16H14ClF2NO. The van der Waals surface area contributed by atoms with Crippen LogP contribution in [-0.2, 0) is 12.8 Å². The molecule has 0 fully saturated rings. The lowest BCUT2D eigenvalue weighted by molar-refractivity contribution is 0.351. The fourth-order valence-corrected chi connectivity index (χ4v) is 2.85. The molecule has 0 amide bonds. The van der Waals surface area contributed by atoms with E-state index in [-0.39, 0.29) is 6.04 Å². The first-order valence-corrected chi connectivity index (χ1v) is 7.07. The first-order valence-electron chi connectivity index (χ1n) is 6.69. The second kappa shape index (κ2) is 5.62. The highest BCUT2D eigenvalue weighted by Crippen LogP contribution is 2.36. The van der Waals surface area contributed by atoms with Crippen LogP contribution in [0.15, 0.2) is 30.3 Å². The van der Waals surface area contributed by atoms with Gasteiger partial charge in [0.15, 0.2) is 11.6 Å². The second-order valence-corrected chi connectivity index (χ2v) is 5.58. The molecule has 21 heavy (non-hydrogen) atoms. The summed E-state index contributed by atoms with van der Waals surface area (Å²) >= 11 is 6.10. The van der Waals surface area contributed by atoms with Gasteiger partial charge in [-0.25, -0.2) is 8.78 Å². The van der Waals surface area contributed by atoms with Crippen molar-refractivity contribution in [2.75, 3.05) is 6.61 Å². The van der Waals surface area contributed by atoms with Crippen molar-refractivity contribution in [3.8, 4) is 5.75 Å². The van der Waals surface area contributed by atoms with Crippen LogP contribution in [0.25, 0.3) is 0 Å². The van der Waals surface area contributed by atoms with Gasteiger partial charge in [-0.15, -0.1) is 0 Å². The Hall–Kier alpha value is -1.65. The van der Waals surface area contributed by atoms with Gasteiger partial charge in [0, 0.05) is 23.0 Å². The van der Waals surface area contributed by atoms with Crippen molar-refractivity contribution in [1.29, 1.82) is 0 Å². The van der Waals surface area contributed by atoms with Crippen molar-refractivity contribution in [3.63, 3.8) is 0 Å². The van der Waals surface area contributed by atoms with Gasteiger partial charge in [0.1, 0.15) is 5.75 Å². The standard InChI is InChI=1S/C16H14ClF2NO/c17-11-7-10-3-4-21-16(10)12(8-11)15(20)6-9-1-2-13(18)14(19)5-9/h1-2,5,7-8,15H,3-4,6,20H2. The molecule has 2 N–H and O–H groups in total. The number of benzene rings is 2. The number of hydrogen-bond donors (Lipinski definition) is 1. The highest BCUT2D eigenvalue weighted by Gasteiger charge is 2.21. The van der Waals surface area contributed by atoms with E-state index in [2.05, 4.69) is 0 Å². The molecule has 0 saturated carbocycles. The second-order valence-electron chi connectivity index (χ2n) is 5.14. The minimum absolute atomic E-state index is 0.382. The van der Waals surface area contributed by atoms with Gasteiger partial charge in [0.2, 0.25) is 0 Å². The van der Waals surface area contributed by atoms with Crippen molar-refractivity contribution in [1.82, 2.24) is 0 Å². The Balaban J connectivity index is 1.89. The van der Waals surface area contributed by atoms with E-state index in [1.807, 2.05) is 6.07 Å². The highest BCUT2D eigenvalue weighted by atomic mass is 35.5. The first kappa shape index (κ1) is 14.3. The number of halogens is 3. The van der Waals surface area contributed by atoms with Gasteiger partial charge in [-0.2, -0.15) is 0 Å². The van der Waals surface area contributed by atoms with Gasteiger partial charge in [-0.3, -0.25) is 0 Å². The number of rotatable bonds is 3. The van der Waals surface area contributed by atoms with Crippen LogP contribution in [0.1, 0.15) is 22.7 Å². The van der Waals surface area contributed by atoms with Crippen LogP contribution in [0.3, 0.4) is 0 Å². The maximum atomic E-state index is 13.3. The minimum atomic E-state index is -0.868. The lowest BCUT2D eigenvalue weighted by Gasteiger charge is -2.16. The van der Waals surface area contributed by atoms with Crippen LogP contribution in [0.2, 0.25) is 5.02 Å². The average molecular weight is 310 g/mol. The smallest absolute Gasteiger partial charge is 0.159 e. The molecule has 0 radical (unpaired) electrons. The number of hydrogen-bond acceptors (Lipinski definition) is 2. The molecule has 1 atom stereocenters. The van der Waals surface area contributed by atoms with E-state index >= 15 is 0 Å². The van der Waals surface area contributed by atoms with Crippen LogP contribution < -0.4 is 10.5 Å². The molecule has 3 rings (SSSR count). The summed E-state index contributed by atoms with van der Waals surface area (Å²) in [6.45, 7) is 0.612. The largest absolute Gasteiger partial charge is 0.493 e. The van der Waals surface area contributed by atoms with E-state index in [4.69, 9.17) is 22.1 Å². The predicted octanol–water partition coefficient (Wildman–Crippen LogP) is 3.80. The topological polar surface area (TPSA) is 35.2 Å². The molecule has 1 aliphatic rings. The molecule has 1 aliphatic heterocycles. The maximum absolute atomic E-state index is 13.3. The van der Waals surface area contributed by atoms with Gasteiger partial charge in [0.25, 0.3) is 0 Å². The Kier molecular flexibility index (Phi) is 3.83. The molecule has 2 aromatic rings. The first-order chi connectivity index (χ1) is 10.0. The van der Waals surface area contributed by atoms with Crippen molar-refractivity contribution in [2.24, 2.45) is 5.73 Å². The molecule has 1 unspecified atom stereocenters. The molecule has 0 aromatic heterocycles. The predicted molar refractivity (Wildman–Crippen MR) is 77.6 cm³/mol. The monoisotopic (exact) mass is 309 g/mol. The van der Waals surface area contributed by atoms with E-state index in [1.54, 1.807) is 6.07 Å². The highest BCUT2D eigenvalue weighted by molar-refractivity contribution is 6.30. The van der Waals surface area contributed by atoms with Gasteiger partial charge in [0.05, 0.1) is 6.61 Å². The van der Waals surface area contributed by atoms with Crippen LogP contribution in [0.5, 0.6) is 5.75 Å². The molecule has 110 valence electrons. The third kappa shape index (κ3) is 2.87. The lowest BCUT2D eigenvalue weighted by atomic mass is 9.97. The average Bonchev–Trinajstić information content (AvgIpc) is 2.90. The molecule has 2 nitrogen and oxygen atoms in total. The van der Waals surface area contributed by atoms with Crippen molar-refractivity contribution < 1.29 is 13.5 Å². The Morgan fingerprint density at radius 2 is 2.00 bits per heavy atom. The molecule has 5 heteroatoms. The van der Waals surface area contributed by atoms with E-state index < -0.39 is 11.6 Å².